The van der Waals surface area contributed by atoms with Gasteiger partial charge in [0.15, 0.2) is 17.5 Å². The maximum Gasteiger partial charge on any atom is 0.229 e. The maximum atomic E-state index is 13.3. The monoisotopic (exact) mass is 396 g/mol. The first kappa shape index (κ1) is 20.2. The van der Waals surface area contributed by atoms with Gasteiger partial charge >= 0.3 is 0 Å². The molecule has 6 nitrogen and oxygen atoms in total. The van der Waals surface area contributed by atoms with Gasteiger partial charge in [-0.25, -0.2) is 18.7 Å². The Morgan fingerprint density at radius 2 is 1.86 bits per heavy atom. The van der Waals surface area contributed by atoms with E-state index < -0.39 is 17.5 Å². The van der Waals surface area contributed by atoms with E-state index in [1.54, 1.807) is 24.3 Å². The Balaban J connectivity index is 1.79. The van der Waals surface area contributed by atoms with Gasteiger partial charge in [-0.1, -0.05) is 31.5 Å². The average Bonchev–Trinajstić information content (AvgIpc) is 2.72. The summed E-state index contributed by atoms with van der Waals surface area (Å²) < 4.78 is 26.3. The van der Waals surface area contributed by atoms with Crippen LogP contribution >= 0.6 is 0 Å². The van der Waals surface area contributed by atoms with Gasteiger partial charge in [0.05, 0.1) is 24.0 Å². The second-order valence-electron chi connectivity index (χ2n) is 6.41. The number of carbonyl (C=O) groups excluding carboxylic acids is 1. The van der Waals surface area contributed by atoms with Crippen molar-refractivity contribution < 1.29 is 13.6 Å². The Morgan fingerprint density at radius 3 is 2.52 bits per heavy atom. The first-order valence-corrected chi connectivity index (χ1v) is 9.03. The quantitative estimate of drug-likeness (QED) is 0.573. The van der Waals surface area contributed by atoms with Crippen molar-refractivity contribution in [3.63, 3.8) is 0 Å². The molecule has 0 atom stereocenters. The molecule has 8 heteroatoms. The van der Waals surface area contributed by atoms with Gasteiger partial charge in [-0.2, -0.15) is 0 Å². The fraction of sp³-hybridized carbons (Fsp3) is 0.190. The van der Waals surface area contributed by atoms with Gasteiger partial charge in [0.1, 0.15) is 5.69 Å². The summed E-state index contributed by atoms with van der Waals surface area (Å²) in [6, 6.07) is 9.95. The van der Waals surface area contributed by atoms with Gasteiger partial charge in [0.2, 0.25) is 5.91 Å². The number of hydrogen-bond acceptors (Lipinski definition) is 5. The third-order valence-corrected chi connectivity index (χ3v) is 4.21. The van der Waals surface area contributed by atoms with Crippen molar-refractivity contribution >= 4 is 17.4 Å². The van der Waals surface area contributed by atoms with Gasteiger partial charge in [-0.15, -0.1) is 4.91 Å². The lowest BCUT2D eigenvalue weighted by Crippen LogP contribution is -2.17. The summed E-state index contributed by atoms with van der Waals surface area (Å²) in [6.07, 6.45) is 2.79. The number of aryl methyl sites for hydroxylation is 1. The molecular weight excluding hydrogens is 378 g/mol. The number of amides is 1. The normalized spacial score (nSPS) is 10.6. The average molecular weight is 396 g/mol. The van der Waals surface area contributed by atoms with Crippen LogP contribution in [0.25, 0.3) is 11.3 Å². The maximum absolute atomic E-state index is 13.3. The van der Waals surface area contributed by atoms with Crippen LogP contribution < -0.4 is 5.32 Å². The van der Waals surface area contributed by atoms with Gasteiger partial charge in [0, 0.05) is 5.56 Å². The van der Waals surface area contributed by atoms with Crippen molar-refractivity contribution in [3.8, 4) is 11.3 Å². The van der Waals surface area contributed by atoms with Crippen molar-refractivity contribution in [1.29, 1.82) is 0 Å². The van der Waals surface area contributed by atoms with Gasteiger partial charge < -0.3 is 5.32 Å². The molecule has 0 saturated carbocycles. The number of anilines is 1. The molecule has 1 heterocycles. The van der Waals surface area contributed by atoms with Crippen LogP contribution in [0.4, 0.5) is 20.3 Å². The SMILES string of the molecule is CCCc1nc(-c2ccc(N=O)cc2)cnc1NC(=O)Cc1ccc(F)c(F)c1. The Bertz CT molecular complexity index is 1040. The number of benzene rings is 2. The molecule has 0 saturated heterocycles. The second-order valence-corrected chi connectivity index (χ2v) is 6.41. The van der Waals surface area contributed by atoms with E-state index in [0.29, 0.717) is 34.9 Å². The summed E-state index contributed by atoms with van der Waals surface area (Å²) >= 11 is 0. The number of rotatable bonds is 7. The van der Waals surface area contributed by atoms with Crippen molar-refractivity contribution in [2.45, 2.75) is 26.2 Å². The molecule has 2 aromatic carbocycles. The Labute approximate surface area is 166 Å². The van der Waals surface area contributed by atoms with Crippen molar-refractivity contribution in [2.75, 3.05) is 5.32 Å². The van der Waals surface area contributed by atoms with E-state index in [1.165, 1.54) is 12.3 Å². The fourth-order valence-electron chi connectivity index (χ4n) is 2.79. The highest BCUT2D eigenvalue weighted by molar-refractivity contribution is 5.92. The Kier molecular flexibility index (Phi) is 6.33. The molecule has 3 rings (SSSR count). The summed E-state index contributed by atoms with van der Waals surface area (Å²) in [5, 5.41) is 5.56. The standard InChI is InChI=1S/C21H18F2N4O2/c1-2-3-18-21(26-20(28)11-13-4-9-16(22)17(23)10-13)24-12-19(25-18)14-5-7-15(27-29)8-6-14/h4-10,12H,2-3,11H2,1H3,(H,24,26,28). The Hall–Kier alpha value is -3.55. The van der Waals surface area contributed by atoms with E-state index in [0.717, 1.165) is 24.1 Å². The molecule has 0 spiro atoms. The zero-order chi connectivity index (χ0) is 20.8. The first-order valence-electron chi connectivity index (χ1n) is 9.03. The van der Waals surface area contributed by atoms with Gasteiger partial charge in [-0.3, -0.25) is 4.79 Å². The zero-order valence-electron chi connectivity index (χ0n) is 15.7. The van der Waals surface area contributed by atoms with Gasteiger partial charge in [0.25, 0.3) is 0 Å². The van der Waals surface area contributed by atoms with E-state index in [9.17, 15) is 18.5 Å². The summed E-state index contributed by atoms with van der Waals surface area (Å²) in [5.74, 6) is -2.04. The number of nitrogens with zero attached hydrogens (tertiary/aromatic N) is 3. The lowest BCUT2D eigenvalue weighted by atomic mass is 10.1. The molecule has 1 aromatic heterocycles. The van der Waals surface area contributed by atoms with Gasteiger partial charge in [-0.05, 0) is 41.4 Å². The predicted octanol–water partition coefficient (Wildman–Crippen LogP) is 4.95. The summed E-state index contributed by atoms with van der Waals surface area (Å²) in [5.41, 5.74) is 2.65. The lowest BCUT2D eigenvalue weighted by Gasteiger charge is -2.11. The summed E-state index contributed by atoms with van der Waals surface area (Å²) in [7, 11) is 0. The molecule has 0 aliphatic carbocycles. The van der Waals surface area contributed by atoms with E-state index >= 15 is 0 Å². The minimum Gasteiger partial charge on any atom is -0.309 e. The van der Waals surface area contributed by atoms with E-state index in [2.05, 4.69) is 20.5 Å². The fourth-order valence-corrected chi connectivity index (χ4v) is 2.79. The lowest BCUT2D eigenvalue weighted by molar-refractivity contribution is -0.115. The third kappa shape index (κ3) is 5.04. The Morgan fingerprint density at radius 1 is 1.10 bits per heavy atom. The number of carbonyl (C=O) groups is 1. The highest BCUT2D eigenvalue weighted by atomic mass is 19.2. The summed E-state index contributed by atoms with van der Waals surface area (Å²) in [6.45, 7) is 1.98. The molecule has 0 radical (unpaired) electrons. The second kappa shape index (κ2) is 9.09. The topological polar surface area (TPSA) is 84.3 Å². The van der Waals surface area contributed by atoms with Crippen LogP contribution in [0.3, 0.4) is 0 Å². The van der Waals surface area contributed by atoms with E-state index in [-0.39, 0.29) is 6.42 Å². The smallest absolute Gasteiger partial charge is 0.229 e. The molecule has 0 aliphatic rings. The molecule has 0 unspecified atom stereocenters. The minimum absolute atomic E-state index is 0.119. The van der Waals surface area contributed by atoms with Crippen LogP contribution in [0, 0.1) is 16.5 Å². The van der Waals surface area contributed by atoms with Crippen molar-refractivity contribution in [1.82, 2.24) is 9.97 Å². The van der Waals surface area contributed by atoms with Crippen LogP contribution in [-0.2, 0) is 17.6 Å². The molecule has 0 aliphatic heterocycles. The van der Waals surface area contributed by atoms with Crippen LogP contribution in [-0.4, -0.2) is 15.9 Å². The first-order chi connectivity index (χ1) is 14.0. The number of nitrogens with one attached hydrogen (secondary N) is 1. The van der Waals surface area contributed by atoms with E-state index in [4.69, 9.17) is 0 Å². The largest absolute Gasteiger partial charge is 0.309 e. The zero-order valence-corrected chi connectivity index (χ0v) is 15.7. The molecule has 29 heavy (non-hydrogen) atoms. The van der Waals surface area contributed by atoms with Crippen molar-refractivity contribution in [3.05, 3.63) is 76.5 Å². The van der Waals surface area contributed by atoms with Crippen molar-refractivity contribution in [2.24, 2.45) is 5.18 Å². The van der Waals surface area contributed by atoms with Crippen LogP contribution in [0.5, 0.6) is 0 Å². The highest BCUT2D eigenvalue weighted by Crippen LogP contribution is 2.23. The summed E-state index contributed by atoms with van der Waals surface area (Å²) in [4.78, 5) is 31.8. The molecule has 1 N–H and O–H groups in total. The van der Waals surface area contributed by atoms with E-state index in [1.807, 2.05) is 6.92 Å². The van der Waals surface area contributed by atoms with Crippen LogP contribution in [0.1, 0.15) is 24.6 Å². The number of halogens is 2. The molecular formula is C21H18F2N4O2. The van der Waals surface area contributed by atoms with Crippen LogP contribution in [0.15, 0.2) is 53.8 Å². The highest BCUT2D eigenvalue weighted by Gasteiger charge is 2.13. The molecule has 0 fully saturated rings. The van der Waals surface area contributed by atoms with Crippen LogP contribution in [0.2, 0.25) is 0 Å². The molecule has 148 valence electrons. The number of aromatic nitrogens is 2. The molecule has 1 amide bonds. The number of nitroso groups, excluding NO2 is 1. The molecule has 3 aromatic rings. The minimum atomic E-state index is -0.998. The predicted molar refractivity (Wildman–Crippen MR) is 106 cm³/mol. The molecule has 0 bridgehead atoms. The number of hydrogen-bond donors (Lipinski definition) is 1. The third-order valence-electron chi connectivity index (χ3n) is 4.21.